The van der Waals surface area contributed by atoms with Crippen LogP contribution in [0.5, 0.6) is 0 Å². The van der Waals surface area contributed by atoms with Gasteiger partial charge in [-0.3, -0.25) is 5.32 Å². The van der Waals surface area contributed by atoms with E-state index in [0.29, 0.717) is 5.82 Å². The molecule has 2 rings (SSSR count). The van der Waals surface area contributed by atoms with Crippen LogP contribution < -0.4 is 10.2 Å². The van der Waals surface area contributed by atoms with Gasteiger partial charge in [-0.25, -0.2) is 9.97 Å². The molecule has 5 heteroatoms. The fourth-order valence-electron chi connectivity index (χ4n) is 1.95. The average Bonchev–Trinajstić information content (AvgIpc) is 2.27. The van der Waals surface area contributed by atoms with Crippen molar-refractivity contribution in [3.05, 3.63) is 12.4 Å². The molecule has 1 aromatic rings. The van der Waals surface area contributed by atoms with Crippen LogP contribution in [0.1, 0.15) is 25.7 Å². The second-order valence-corrected chi connectivity index (χ2v) is 4.51. The Hall–Kier alpha value is -1.83. The van der Waals surface area contributed by atoms with Crippen molar-refractivity contribution >= 4 is 11.6 Å². The van der Waals surface area contributed by atoms with E-state index in [1.165, 1.54) is 32.0 Å². The maximum Gasteiger partial charge on any atom is 0.182 e. The molecule has 1 saturated carbocycles. The number of nitrogens with one attached hydrogen (secondary N) is 1. The highest BCUT2D eigenvalue weighted by Gasteiger charge is 2.17. The summed E-state index contributed by atoms with van der Waals surface area (Å²) in [6.45, 7) is 1.01. The summed E-state index contributed by atoms with van der Waals surface area (Å²) in [5.41, 5.74) is 0. The molecule has 1 N–H and O–H groups in total. The number of nitrogens with zero attached hydrogens (tertiary/aromatic N) is 4. The molecule has 90 valence electrons. The van der Waals surface area contributed by atoms with Crippen LogP contribution in [0.4, 0.5) is 11.6 Å². The Bertz CT molecular complexity index is 408. The smallest absolute Gasteiger partial charge is 0.182 e. The number of rotatable bonds is 5. The number of nitriles is 1. The molecule has 5 nitrogen and oxygen atoms in total. The molecule has 17 heavy (non-hydrogen) atoms. The quantitative estimate of drug-likeness (QED) is 0.620. The molecular weight excluding hydrogens is 214 g/mol. The van der Waals surface area contributed by atoms with Crippen molar-refractivity contribution in [1.82, 2.24) is 9.97 Å². The lowest BCUT2D eigenvalue weighted by atomic mass is 9.83. The number of aromatic nitrogens is 2. The second-order valence-electron chi connectivity index (χ2n) is 4.51. The van der Waals surface area contributed by atoms with Crippen molar-refractivity contribution in [2.75, 3.05) is 23.8 Å². The molecule has 0 spiro atoms. The first-order valence-corrected chi connectivity index (χ1v) is 5.98. The summed E-state index contributed by atoms with van der Waals surface area (Å²) in [6.07, 6.45) is 8.70. The van der Waals surface area contributed by atoms with Crippen LogP contribution in [-0.2, 0) is 0 Å². The molecule has 0 radical (unpaired) electrons. The van der Waals surface area contributed by atoms with Gasteiger partial charge >= 0.3 is 0 Å². The minimum absolute atomic E-state index is 0.549. The van der Waals surface area contributed by atoms with Gasteiger partial charge in [-0.05, 0) is 12.3 Å². The third-order valence-electron chi connectivity index (χ3n) is 3.33. The largest absolute Gasteiger partial charge is 0.360 e. The predicted molar refractivity (Wildman–Crippen MR) is 66.5 cm³/mol. The molecule has 0 aromatic carbocycles. The van der Waals surface area contributed by atoms with E-state index >= 15 is 0 Å². The molecule has 0 bridgehead atoms. The fourth-order valence-corrected chi connectivity index (χ4v) is 1.95. The van der Waals surface area contributed by atoms with Gasteiger partial charge in [-0.2, -0.15) is 5.26 Å². The first kappa shape index (κ1) is 11.6. The summed E-state index contributed by atoms with van der Waals surface area (Å²) in [4.78, 5) is 10.3. The topological polar surface area (TPSA) is 64.8 Å². The van der Waals surface area contributed by atoms with Gasteiger partial charge in [-0.1, -0.05) is 19.3 Å². The summed E-state index contributed by atoms with van der Waals surface area (Å²) in [5.74, 6) is 2.31. The Morgan fingerprint density at radius 3 is 3.00 bits per heavy atom. The van der Waals surface area contributed by atoms with E-state index in [-0.39, 0.29) is 0 Å². The summed E-state index contributed by atoms with van der Waals surface area (Å²) in [6, 6.07) is 1.80. The van der Waals surface area contributed by atoms with E-state index in [9.17, 15) is 0 Å². The van der Waals surface area contributed by atoms with E-state index in [0.717, 1.165) is 18.3 Å². The van der Waals surface area contributed by atoms with Crippen molar-refractivity contribution in [1.29, 1.82) is 5.26 Å². The minimum atomic E-state index is 0.549. The highest BCUT2D eigenvalue weighted by atomic mass is 15.2. The van der Waals surface area contributed by atoms with Gasteiger partial charge in [0.15, 0.2) is 6.19 Å². The maximum absolute atomic E-state index is 8.53. The fraction of sp³-hybridized carbons (Fsp3) is 0.583. The molecule has 1 aromatic heterocycles. The van der Waals surface area contributed by atoms with E-state index in [2.05, 4.69) is 20.2 Å². The van der Waals surface area contributed by atoms with Crippen molar-refractivity contribution in [2.24, 2.45) is 5.92 Å². The lowest BCUT2D eigenvalue weighted by Crippen LogP contribution is -2.24. The van der Waals surface area contributed by atoms with Crippen LogP contribution in [0.15, 0.2) is 12.4 Å². The normalized spacial score (nSPS) is 14.8. The van der Waals surface area contributed by atoms with Gasteiger partial charge in [0.2, 0.25) is 0 Å². The zero-order chi connectivity index (χ0) is 12.1. The van der Waals surface area contributed by atoms with E-state index in [1.807, 2.05) is 13.2 Å². The first-order valence-electron chi connectivity index (χ1n) is 5.98. The van der Waals surface area contributed by atoms with Gasteiger partial charge in [0.05, 0.1) is 0 Å². The highest BCUT2D eigenvalue weighted by molar-refractivity contribution is 5.49. The second kappa shape index (κ2) is 5.48. The molecule has 0 amide bonds. The summed E-state index contributed by atoms with van der Waals surface area (Å²) in [5, 5.41) is 11.0. The van der Waals surface area contributed by atoms with Crippen molar-refractivity contribution < 1.29 is 0 Å². The minimum Gasteiger partial charge on any atom is -0.360 e. The third kappa shape index (κ3) is 3.06. The SMILES string of the molecule is CN(CCC1CCC1)c1cc(NC#N)ncn1. The van der Waals surface area contributed by atoms with E-state index in [4.69, 9.17) is 5.26 Å². The standard InChI is InChI=1S/C12H17N5/c1-17(6-5-10-3-2-4-10)12-7-11(14-8-13)15-9-16-12/h7,9-10H,2-6H2,1H3,(H,14,15,16). The number of hydrogen-bond donors (Lipinski definition) is 1. The zero-order valence-corrected chi connectivity index (χ0v) is 10.1. The Kier molecular flexibility index (Phi) is 3.76. The van der Waals surface area contributed by atoms with Crippen LogP contribution in [0.25, 0.3) is 0 Å². The number of anilines is 2. The van der Waals surface area contributed by atoms with Gasteiger partial charge in [0.1, 0.15) is 18.0 Å². The number of hydrogen-bond acceptors (Lipinski definition) is 5. The molecule has 0 atom stereocenters. The van der Waals surface area contributed by atoms with Crippen LogP contribution in [0.2, 0.25) is 0 Å². The Labute approximate surface area is 101 Å². The first-order chi connectivity index (χ1) is 8.29. The lowest BCUT2D eigenvalue weighted by Gasteiger charge is -2.28. The van der Waals surface area contributed by atoms with Crippen LogP contribution in [0, 0.1) is 17.4 Å². The summed E-state index contributed by atoms with van der Waals surface area (Å²) >= 11 is 0. The molecule has 0 unspecified atom stereocenters. The van der Waals surface area contributed by atoms with Gasteiger partial charge in [-0.15, -0.1) is 0 Å². The Morgan fingerprint density at radius 1 is 1.53 bits per heavy atom. The average molecular weight is 231 g/mol. The molecule has 1 aliphatic rings. The van der Waals surface area contributed by atoms with Crippen LogP contribution in [-0.4, -0.2) is 23.6 Å². The third-order valence-corrected chi connectivity index (χ3v) is 3.33. The molecule has 1 aliphatic carbocycles. The Morgan fingerprint density at radius 2 is 2.35 bits per heavy atom. The molecule has 0 aliphatic heterocycles. The zero-order valence-electron chi connectivity index (χ0n) is 10.1. The molecular formula is C12H17N5. The van der Waals surface area contributed by atoms with Crippen molar-refractivity contribution in [3.8, 4) is 6.19 Å². The molecule has 1 fully saturated rings. The lowest BCUT2D eigenvalue weighted by molar-refractivity contribution is 0.299. The highest BCUT2D eigenvalue weighted by Crippen LogP contribution is 2.29. The summed E-state index contributed by atoms with van der Waals surface area (Å²) in [7, 11) is 2.02. The molecule has 0 saturated heterocycles. The van der Waals surface area contributed by atoms with E-state index in [1.54, 1.807) is 6.07 Å². The van der Waals surface area contributed by atoms with Crippen LogP contribution in [0.3, 0.4) is 0 Å². The Balaban J connectivity index is 1.90. The monoisotopic (exact) mass is 231 g/mol. The molecule has 1 heterocycles. The van der Waals surface area contributed by atoms with Gasteiger partial charge in [0, 0.05) is 19.7 Å². The van der Waals surface area contributed by atoms with Crippen LogP contribution >= 0.6 is 0 Å². The summed E-state index contributed by atoms with van der Waals surface area (Å²) < 4.78 is 0. The van der Waals surface area contributed by atoms with Gasteiger partial charge in [0.25, 0.3) is 0 Å². The van der Waals surface area contributed by atoms with Gasteiger partial charge < -0.3 is 4.90 Å². The predicted octanol–water partition coefficient (Wildman–Crippen LogP) is 2.00. The maximum atomic E-state index is 8.53. The van der Waals surface area contributed by atoms with E-state index < -0.39 is 0 Å². The van der Waals surface area contributed by atoms with Crippen molar-refractivity contribution in [2.45, 2.75) is 25.7 Å². The van der Waals surface area contributed by atoms with Crippen molar-refractivity contribution in [3.63, 3.8) is 0 Å².